The summed E-state index contributed by atoms with van der Waals surface area (Å²) in [7, 11) is 0. The maximum Gasteiger partial charge on any atom is 0.168 e. The Morgan fingerprint density at radius 1 is 1.04 bits per heavy atom. The molecule has 2 aromatic rings. The molecule has 2 aromatic carbocycles. The number of benzene rings is 2. The van der Waals surface area contributed by atoms with Crippen molar-refractivity contribution in [2.24, 2.45) is 0 Å². The third kappa shape index (κ3) is 6.17. The van der Waals surface area contributed by atoms with Gasteiger partial charge in [-0.25, -0.2) is 0 Å². The van der Waals surface area contributed by atoms with E-state index in [0.717, 1.165) is 18.5 Å². The molecule has 0 radical (unpaired) electrons. The fraction of sp³-hybridized carbons (Fsp3) is 0.350. The molecular formula is C20H26ClNO. The number of ketones is 1. The average Bonchev–Trinajstić information content (AvgIpc) is 2.51. The standard InChI is InChI=1S/C20H25NO.ClH/c1-15-9-10-19(13-16(15)2)20(22)11-12-21-17(3)14-18-7-5-4-6-8-18;/h4-10,13,17,21H,11-12,14H2,1-3H3;1H. The summed E-state index contributed by atoms with van der Waals surface area (Å²) >= 11 is 0. The Bertz CT molecular complexity index is 625. The smallest absolute Gasteiger partial charge is 0.168 e. The van der Waals surface area contributed by atoms with Gasteiger partial charge >= 0.3 is 0 Å². The van der Waals surface area contributed by atoms with Gasteiger partial charge in [0.1, 0.15) is 0 Å². The van der Waals surface area contributed by atoms with Crippen molar-refractivity contribution < 1.29 is 22.5 Å². The van der Waals surface area contributed by atoms with Gasteiger partial charge in [-0.1, -0.05) is 42.5 Å². The van der Waals surface area contributed by atoms with Gasteiger partial charge in [0.25, 0.3) is 0 Å². The van der Waals surface area contributed by atoms with Crippen LogP contribution in [0.1, 0.15) is 40.4 Å². The molecule has 0 amide bonds. The molecule has 0 aromatic heterocycles. The fourth-order valence-corrected chi connectivity index (χ4v) is 2.63. The highest BCUT2D eigenvalue weighted by molar-refractivity contribution is 5.96. The number of hydrogen-bond donors (Lipinski definition) is 1. The zero-order chi connectivity index (χ0) is 15.9. The second-order valence-electron chi connectivity index (χ2n) is 6.16. The van der Waals surface area contributed by atoms with Crippen molar-refractivity contribution in [3.8, 4) is 0 Å². The molecule has 2 rings (SSSR count). The van der Waals surface area contributed by atoms with Crippen LogP contribution < -0.4 is 17.7 Å². The number of rotatable bonds is 7. The summed E-state index contributed by atoms with van der Waals surface area (Å²) in [5.74, 6) is 0.242. The second-order valence-corrected chi connectivity index (χ2v) is 6.16. The van der Waals surface area contributed by atoms with Crippen molar-refractivity contribution in [2.45, 2.75) is 39.7 Å². The molecule has 124 valence electrons. The minimum Gasteiger partial charge on any atom is -1.00 e. The number of Topliss-reactive ketones (excluding diaryl/α,β-unsaturated/α-hetero) is 1. The molecule has 0 spiro atoms. The Balaban J connectivity index is 0.00000264. The number of aryl methyl sites for hydroxylation is 2. The highest BCUT2D eigenvalue weighted by Crippen LogP contribution is 2.11. The molecule has 1 unspecified atom stereocenters. The first kappa shape index (κ1) is 19.4. The average molecular weight is 332 g/mol. The van der Waals surface area contributed by atoms with Crippen LogP contribution >= 0.6 is 0 Å². The molecule has 3 heteroatoms. The van der Waals surface area contributed by atoms with Crippen molar-refractivity contribution in [1.82, 2.24) is 0 Å². The van der Waals surface area contributed by atoms with Gasteiger partial charge in [-0.05, 0) is 43.5 Å². The molecule has 0 fully saturated rings. The molecule has 0 saturated carbocycles. The van der Waals surface area contributed by atoms with Crippen LogP contribution in [0.2, 0.25) is 0 Å². The van der Waals surface area contributed by atoms with Gasteiger partial charge in [0.2, 0.25) is 0 Å². The van der Waals surface area contributed by atoms with E-state index in [4.69, 9.17) is 0 Å². The Morgan fingerprint density at radius 2 is 1.74 bits per heavy atom. The van der Waals surface area contributed by atoms with Crippen molar-refractivity contribution in [2.75, 3.05) is 6.54 Å². The molecule has 23 heavy (non-hydrogen) atoms. The van der Waals surface area contributed by atoms with E-state index < -0.39 is 0 Å². The quantitative estimate of drug-likeness (QED) is 0.716. The molecule has 1 atom stereocenters. The van der Waals surface area contributed by atoms with Crippen LogP contribution in [0.3, 0.4) is 0 Å². The van der Waals surface area contributed by atoms with Crippen LogP contribution in [-0.4, -0.2) is 18.4 Å². The van der Waals surface area contributed by atoms with Crippen molar-refractivity contribution >= 4 is 5.78 Å². The van der Waals surface area contributed by atoms with Gasteiger partial charge in [-0.3, -0.25) is 4.79 Å². The van der Waals surface area contributed by atoms with E-state index >= 15 is 0 Å². The number of halogens is 1. The van der Waals surface area contributed by atoms with Crippen molar-refractivity contribution in [3.05, 3.63) is 70.8 Å². The molecule has 0 aliphatic heterocycles. The molecule has 0 saturated heterocycles. The summed E-state index contributed by atoms with van der Waals surface area (Å²) in [6.45, 7) is 7.19. The zero-order valence-corrected chi connectivity index (χ0v) is 14.9. The van der Waals surface area contributed by atoms with E-state index in [1.54, 1.807) is 0 Å². The van der Waals surface area contributed by atoms with E-state index in [2.05, 4.69) is 50.4 Å². The number of hydrogen-bond acceptors (Lipinski definition) is 1. The number of nitrogens with two attached hydrogens (primary N) is 1. The van der Waals surface area contributed by atoms with Crippen molar-refractivity contribution in [3.63, 3.8) is 0 Å². The molecule has 2 N–H and O–H groups in total. The molecule has 0 aliphatic carbocycles. The SMILES string of the molecule is Cc1ccc(C(=O)CC[NH2+]C(C)Cc2ccccc2)cc1C.[Cl-]. The number of quaternary nitrogens is 1. The lowest BCUT2D eigenvalue weighted by molar-refractivity contribution is -0.684. The lowest BCUT2D eigenvalue weighted by Gasteiger charge is -2.11. The van der Waals surface area contributed by atoms with Gasteiger partial charge in [0.05, 0.1) is 19.0 Å². The van der Waals surface area contributed by atoms with Gasteiger partial charge in [-0.2, -0.15) is 0 Å². The molecular weight excluding hydrogens is 306 g/mol. The van der Waals surface area contributed by atoms with Crippen LogP contribution in [0.5, 0.6) is 0 Å². The molecule has 2 nitrogen and oxygen atoms in total. The van der Waals surface area contributed by atoms with E-state index in [0.29, 0.717) is 12.5 Å². The minimum absolute atomic E-state index is 0. The first-order chi connectivity index (χ1) is 10.6. The Labute approximate surface area is 145 Å². The van der Waals surface area contributed by atoms with Crippen molar-refractivity contribution in [1.29, 1.82) is 0 Å². The zero-order valence-electron chi connectivity index (χ0n) is 14.2. The van der Waals surface area contributed by atoms with E-state index in [-0.39, 0.29) is 18.2 Å². The Kier molecular flexibility index (Phi) is 8.01. The Morgan fingerprint density at radius 3 is 2.39 bits per heavy atom. The van der Waals surface area contributed by atoms with E-state index in [1.807, 2.05) is 24.3 Å². The first-order valence-corrected chi connectivity index (χ1v) is 8.04. The van der Waals surface area contributed by atoms with Crippen LogP contribution in [0.4, 0.5) is 0 Å². The molecule has 0 aliphatic rings. The summed E-state index contributed by atoms with van der Waals surface area (Å²) < 4.78 is 0. The van der Waals surface area contributed by atoms with Crippen LogP contribution in [-0.2, 0) is 6.42 Å². The van der Waals surface area contributed by atoms with Crippen LogP contribution in [0.15, 0.2) is 48.5 Å². The lowest BCUT2D eigenvalue weighted by atomic mass is 10.0. The summed E-state index contributed by atoms with van der Waals surface area (Å²) in [5, 5.41) is 2.27. The number of carbonyl (C=O) groups excluding carboxylic acids is 1. The Hall–Kier alpha value is -1.64. The van der Waals surface area contributed by atoms with Crippen LogP contribution in [0, 0.1) is 13.8 Å². The molecule has 0 heterocycles. The second kappa shape index (κ2) is 9.49. The first-order valence-electron chi connectivity index (χ1n) is 8.04. The predicted octanol–water partition coefficient (Wildman–Crippen LogP) is 0.0748. The topological polar surface area (TPSA) is 33.7 Å². The van der Waals surface area contributed by atoms with Gasteiger partial charge < -0.3 is 17.7 Å². The highest BCUT2D eigenvalue weighted by atomic mass is 35.5. The monoisotopic (exact) mass is 331 g/mol. The summed E-state index contributed by atoms with van der Waals surface area (Å²) in [6.07, 6.45) is 1.64. The lowest BCUT2D eigenvalue weighted by Crippen LogP contribution is -3.00. The van der Waals surface area contributed by atoms with Gasteiger partial charge in [0, 0.05) is 12.0 Å². The van der Waals surface area contributed by atoms with E-state index in [9.17, 15) is 4.79 Å². The van der Waals surface area contributed by atoms with E-state index in [1.165, 1.54) is 16.7 Å². The summed E-state index contributed by atoms with van der Waals surface area (Å²) in [5.41, 5.74) is 4.62. The van der Waals surface area contributed by atoms with Gasteiger partial charge in [0.15, 0.2) is 5.78 Å². The predicted molar refractivity (Wildman–Crippen MR) is 91.3 cm³/mol. The number of carbonyl (C=O) groups is 1. The third-order valence-electron chi connectivity index (χ3n) is 4.17. The summed E-state index contributed by atoms with van der Waals surface area (Å²) in [6, 6.07) is 17.0. The maximum absolute atomic E-state index is 12.2. The maximum atomic E-state index is 12.2. The fourth-order valence-electron chi connectivity index (χ4n) is 2.63. The highest BCUT2D eigenvalue weighted by Gasteiger charge is 2.10. The third-order valence-corrected chi connectivity index (χ3v) is 4.17. The van der Waals surface area contributed by atoms with Crippen LogP contribution in [0.25, 0.3) is 0 Å². The normalized spacial score (nSPS) is 11.6. The molecule has 0 bridgehead atoms. The summed E-state index contributed by atoms with van der Waals surface area (Å²) in [4.78, 5) is 12.2. The largest absolute Gasteiger partial charge is 1.00 e. The van der Waals surface area contributed by atoms with Gasteiger partial charge in [-0.15, -0.1) is 0 Å². The minimum atomic E-state index is 0.